The van der Waals surface area contributed by atoms with Gasteiger partial charge in [-0.1, -0.05) is 0 Å². The zero-order chi connectivity index (χ0) is 8.55. The molecule has 2 rings (SSSR count). The van der Waals surface area contributed by atoms with Crippen molar-refractivity contribution < 1.29 is 0 Å². The van der Waals surface area contributed by atoms with Gasteiger partial charge in [0.05, 0.1) is 10.6 Å². The minimum absolute atomic E-state index is 0.828. The van der Waals surface area contributed by atoms with Crippen LogP contribution >= 0.6 is 22.7 Å². The summed E-state index contributed by atoms with van der Waals surface area (Å²) in [5.74, 6) is 0. The average molecular weight is 196 g/mol. The van der Waals surface area contributed by atoms with Gasteiger partial charge >= 0.3 is 0 Å². The van der Waals surface area contributed by atoms with Crippen molar-refractivity contribution in [1.29, 1.82) is 0 Å². The Morgan fingerprint density at radius 1 is 1.50 bits per heavy atom. The first-order chi connectivity index (χ1) is 5.77. The molecule has 0 atom stereocenters. The molecule has 0 spiro atoms. The topological polar surface area (TPSA) is 38.9 Å². The largest absolute Gasteiger partial charge is 0.397 e. The molecule has 2 heterocycles. The van der Waals surface area contributed by atoms with Crippen molar-refractivity contribution in [3.63, 3.8) is 0 Å². The van der Waals surface area contributed by atoms with Crippen LogP contribution in [0.25, 0.3) is 9.88 Å². The number of hydrogen-bond acceptors (Lipinski definition) is 4. The van der Waals surface area contributed by atoms with Gasteiger partial charge in [-0.25, -0.2) is 4.98 Å². The van der Waals surface area contributed by atoms with Gasteiger partial charge in [0.25, 0.3) is 0 Å². The van der Waals surface area contributed by atoms with Crippen molar-refractivity contribution in [3.8, 4) is 9.88 Å². The van der Waals surface area contributed by atoms with Crippen LogP contribution in [0.15, 0.2) is 17.6 Å². The number of thiophene rings is 1. The first kappa shape index (κ1) is 7.76. The molecule has 2 aromatic rings. The maximum absolute atomic E-state index is 5.76. The summed E-state index contributed by atoms with van der Waals surface area (Å²) < 4.78 is 0. The highest BCUT2D eigenvalue weighted by atomic mass is 32.1. The lowest BCUT2D eigenvalue weighted by molar-refractivity contribution is 1.39. The molecule has 12 heavy (non-hydrogen) atoms. The lowest BCUT2D eigenvalue weighted by atomic mass is 10.4. The molecule has 62 valence electrons. The number of aryl methyl sites for hydroxylation is 1. The number of nitrogens with zero attached hydrogens (tertiary/aromatic N) is 1. The average Bonchev–Trinajstić information content (AvgIpc) is 2.58. The fourth-order valence-corrected chi connectivity index (χ4v) is 2.66. The third-order valence-electron chi connectivity index (χ3n) is 1.51. The molecule has 0 saturated carbocycles. The van der Waals surface area contributed by atoms with Gasteiger partial charge in [-0.3, -0.25) is 0 Å². The molecule has 0 radical (unpaired) electrons. The summed E-state index contributed by atoms with van der Waals surface area (Å²) >= 11 is 3.32. The normalized spacial score (nSPS) is 10.4. The van der Waals surface area contributed by atoms with E-state index in [1.807, 2.05) is 24.6 Å². The van der Waals surface area contributed by atoms with Crippen LogP contribution in [-0.2, 0) is 0 Å². The molecule has 0 saturated heterocycles. The molecule has 0 aliphatic carbocycles. The van der Waals surface area contributed by atoms with Crippen molar-refractivity contribution in [1.82, 2.24) is 4.98 Å². The van der Waals surface area contributed by atoms with Crippen LogP contribution in [0, 0.1) is 6.92 Å². The Morgan fingerprint density at radius 2 is 2.33 bits per heavy atom. The molecule has 4 heteroatoms. The molecule has 2 nitrogen and oxygen atoms in total. The summed E-state index contributed by atoms with van der Waals surface area (Å²) in [6.45, 7) is 2.05. The number of rotatable bonds is 1. The van der Waals surface area contributed by atoms with Crippen LogP contribution in [0.1, 0.15) is 4.88 Å². The highest BCUT2D eigenvalue weighted by Crippen LogP contribution is 2.33. The van der Waals surface area contributed by atoms with E-state index in [1.165, 1.54) is 4.88 Å². The number of hydrogen-bond donors (Lipinski definition) is 1. The third kappa shape index (κ3) is 1.23. The number of anilines is 1. The second-order valence-corrected chi connectivity index (χ2v) is 4.63. The second-order valence-electron chi connectivity index (χ2n) is 2.48. The summed E-state index contributed by atoms with van der Waals surface area (Å²) in [5.41, 5.74) is 6.59. The van der Waals surface area contributed by atoms with E-state index in [0.29, 0.717) is 0 Å². The Kier molecular flexibility index (Phi) is 1.86. The van der Waals surface area contributed by atoms with Crippen LogP contribution in [0.2, 0.25) is 0 Å². The monoisotopic (exact) mass is 196 g/mol. The van der Waals surface area contributed by atoms with Crippen LogP contribution in [0.3, 0.4) is 0 Å². The fraction of sp³-hybridized carbons (Fsp3) is 0.125. The number of nitrogen functional groups attached to an aromatic ring is 1. The molecule has 0 bridgehead atoms. The Labute approximate surface area is 78.7 Å². The van der Waals surface area contributed by atoms with Gasteiger partial charge < -0.3 is 5.73 Å². The lowest BCUT2D eigenvalue weighted by Crippen LogP contribution is -1.82. The maximum atomic E-state index is 5.76. The van der Waals surface area contributed by atoms with Crippen molar-refractivity contribution >= 4 is 28.4 Å². The Morgan fingerprint density at radius 3 is 2.83 bits per heavy atom. The van der Waals surface area contributed by atoms with Crippen LogP contribution < -0.4 is 5.73 Å². The highest BCUT2D eigenvalue weighted by Gasteiger charge is 2.06. The molecular weight excluding hydrogens is 188 g/mol. The van der Waals surface area contributed by atoms with Gasteiger partial charge in [-0.15, -0.1) is 22.7 Å². The van der Waals surface area contributed by atoms with E-state index >= 15 is 0 Å². The predicted octanol–water partition coefficient (Wildman–Crippen LogP) is 2.76. The minimum Gasteiger partial charge on any atom is -0.397 e. The quantitative estimate of drug-likeness (QED) is 0.761. The van der Waals surface area contributed by atoms with Gasteiger partial charge in [-0.05, 0) is 18.4 Å². The number of nitrogens with two attached hydrogens (primary N) is 1. The molecule has 0 amide bonds. The summed E-state index contributed by atoms with van der Waals surface area (Å²) in [4.78, 5) is 6.58. The zero-order valence-corrected chi connectivity index (χ0v) is 8.21. The van der Waals surface area contributed by atoms with E-state index in [-0.39, 0.29) is 0 Å². The molecule has 0 aliphatic rings. The van der Waals surface area contributed by atoms with E-state index in [4.69, 9.17) is 5.73 Å². The Balaban J connectivity index is 2.50. The number of thiazole rings is 1. The first-order valence-corrected chi connectivity index (χ1v) is 5.23. The summed E-state index contributed by atoms with van der Waals surface area (Å²) in [6, 6.07) is 1.91. The molecule has 2 aromatic heterocycles. The van der Waals surface area contributed by atoms with Crippen LogP contribution in [0.5, 0.6) is 0 Å². The van der Waals surface area contributed by atoms with Crippen molar-refractivity contribution in [2.75, 3.05) is 5.73 Å². The molecular formula is C8H8N2S2. The predicted molar refractivity (Wildman–Crippen MR) is 54.6 cm³/mol. The van der Waals surface area contributed by atoms with Gasteiger partial charge in [0.1, 0.15) is 5.01 Å². The Bertz CT molecular complexity index is 389. The zero-order valence-electron chi connectivity index (χ0n) is 6.57. The van der Waals surface area contributed by atoms with E-state index < -0.39 is 0 Å². The smallest absolute Gasteiger partial charge is 0.135 e. The van der Waals surface area contributed by atoms with Crippen LogP contribution in [0.4, 0.5) is 5.69 Å². The summed E-state index contributed by atoms with van der Waals surface area (Å²) in [7, 11) is 0. The molecule has 0 fully saturated rings. The molecule has 0 aromatic carbocycles. The van der Waals surface area contributed by atoms with Crippen LogP contribution in [-0.4, -0.2) is 4.98 Å². The van der Waals surface area contributed by atoms with Gasteiger partial charge in [-0.2, -0.15) is 0 Å². The molecule has 0 aliphatic heterocycles. The van der Waals surface area contributed by atoms with Crippen molar-refractivity contribution in [3.05, 3.63) is 22.5 Å². The summed E-state index contributed by atoms with van der Waals surface area (Å²) in [6.07, 6.45) is 1.87. The highest BCUT2D eigenvalue weighted by molar-refractivity contribution is 7.21. The van der Waals surface area contributed by atoms with E-state index in [9.17, 15) is 0 Å². The van der Waals surface area contributed by atoms with Crippen molar-refractivity contribution in [2.45, 2.75) is 6.92 Å². The maximum Gasteiger partial charge on any atom is 0.135 e. The van der Waals surface area contributed by atoms with Gasteiger partial charge in [0, 0.05) is 11.1 Å². The second kappa shape index (κ2) is 2.88. The minimum atomic E-state index is 0.828. The van der Waals surface area contributed by atoms with E-state index in [1.54, 1.807) is 22.7 Å². The van der Waals surface area contributed by atoms with Crippen molar-refractivity contribution in [2.24, 2.45) is 0 Å². The number of aromatic nitrogens is 1. The SMILES string of the molecule is Cc1cnc(-c2sccc2N)s1. The van der Waals surface area contributed by atoms with E-state index in [0.717, 1.165) is 15.6 Å². The first-order valence-electron chi connectivity index (χ1n) is 3.53. The van der Waals surface area contributed by atoms with Gasteiger partial charge in [0.2, 0.25) is 0 Å². The van der Waals surface area contributed by atoms with Gasteiger partial charge in [0.15, 0.2) is 0 Å². The summed E-state index contributed by atoms with van der Waals surface area (Å²) in [5, 5.41) is 3.02. The third-order valence-corrected chi connectivity index (χ3v) is 3.51. The lowest BCUT2D eigenvalue weighted by Gasteiger charge is -1.90. The molecule has 0 unspecified atom stereocenters. The van der Waals surface area contributed by atoms with E-state index in [2.05, 4.69) is 4.98 Å². The standard InChI is InChI=1S/C8H8N2S2/c1-5-4-10-8(12-5)7-6(9)2-3-11-7/h2-4H,9H2,1H3. The Hall–Kier alpha value is -0.870. The molecule has 2 N–H and O–H groups in total. The fourth-order valence-electron chi connectivity index (χ4n) is 0.953.